The van der Waals surface area contributed by atoms with E-state index in [4.69, 9.17) is 10.2 Å². The first-order valence-electron chi connectivity index (χ1n) is 6.35. The molecule has 7 atom stereocenters. The van der Waals surface area contributed by atoms with Crippen LogP contribution in [0, 0.1) is 0 Å². The van der Waals surface area contributed by atoms with Crippen molar-refractivity contribution in [3.63, 3.8) is 0 Å². The Bertz CT molecular complexity index is 445. The fraction of sp³-hybridized carbons (Fsp3) is 1.00. The van der Waals surface area contributed by atoms with Gasteiger partial charge in [-0.3, -0.25) is 0 Å². The number of rotatable bonds is 8. The molecule has 1 aliphatic rings. The Hall–Kier alpha value is 0.149. The van der Waals surface area contributed by atoms with E-state index in [1.165, 1.54) is 0 Å². The molecule has 0 radical (unpaired) electrons. The van der Waals surface area contributed by atoms with E-state index in [0.29, 0.717) is 0 Å². The number of hydrogen-bond acceptors (Lipinski definition) is 10. The molecule has 132 valence electrons. The second-order valence-corrected chi connectivity index (χ2v) is 10.7. The minimum absolute atomic E-state index is 0.113. The molecule has 0 amide bonds. The predicted molar refractivity (Wildman–Crippen MR) is 71.9 cm³/mol. The summed E-state index contributed by atoms with van der Waals surface area (Å²) in [5.74, 6) is 0. The van der Waals surface area contributed by atoms with Gasteiger partial charge in [0.15, 0.2) is 0 Å². The molecule has 0 aromatic heterocycles. The van der Waals surface area contributed by atoms with E-state index in [-0.39, 0.29) is 10.6 Å². The van der Waals surface area contributed by atoms with Gasteiger partial charge in [-0.2, -0.15) is 0 Å². The summed E-state index contributed by atoms with van der Waals surface area (Å²) >= 11 is -2.08. The van der Waals surface area contributed by atoms with Crippen LogP contribution in [0.25, 0.3) is 0 Å². The molecule has 10 nitrogen and oxygen atoms in total. The van der Waals surface area contributed by atoms with Gasteiger partial charge in [-0.15, -0.1) is 0 Å². The first-order chi connectivity index (χ1) is 10.1. The van der Waals surface area contributed by atoms with Gasteiger partial charge in [0, 0.05) is 0 Å². The van der Waals surface area contributed by atoms with Crippen LogP contribution in [0.5, 0.6) is 0 Å². The van der Waals surface area contributed by atoms with Crippen LogP contribution in [0.4, 0.5) is 0 Å². The van der Waals surface area contributed by atoms with Crippen molar-refractivity contribution in [2.24, 2.45) is 0 Å². The Morgan fingerprint density at radius 3 is 2.27 bits per heavy atom. The Morgan fingerprint density at radius 2 is 1.82 bits per heavy atom. The average Bonchev–Trinajstić information content (AvgIpc) is 2.69. The Balaban J connectivity index is 2.77. The monoisotopic (exact) mass is 412 g/mol. The zero-order chi connectivity index (χ0) is 17.1. The molecule has 12 heteroatoms. The Morgan fingerprint density at radius 1 is 1.23 bits per heavy atom. The van der Waals surface area contributed by atoms with Crippen molar-refractivity contribution in [1.29, 1.82) is 0 Å². The van der Waals surface area contributed by atoms with Gasteiger partial charge in [0.25, 0.3) is 0 Å². The SMILES string of the molecule is O=S(=O)([O-])O[C@@H](CO)[C@H](O)C[Se+]1C[C@H](O)[C@@H](O)[C@@H]1[C@H](O)CO. The van der Waals surface area contributed by atoms with E-state index in [9.17, 15) is 33.4 Å². The zero-order valence-electron chi connectivity index (χ0n) is 11.4. The van der Waals surface area contributed by atoms with Crippen LogP contribution in [-0.2, 0) is 14.6 Å². The molecule has 0 spiro atoms. The average molecular weight is 411 g/mol. The molecule has 0 aromatic rings. The van der Waals surface area contributed by atoms with E-state index in [1.54, 1.807) is 0 Å². The normalized spacial score (nSPS) is 33.6. The van der Waals surface area contributed by atoms with Crippen molar-refractivity contribution in [2.75, 3.05) is 13.2 Å². The maximum absolute atomic E-state index is 10.5. The van der Waals surface area contributed by atoms with Crippen molar-refractivity contribution >= 4 is 24.3 Å². The second kappa shape index (κ2) is 8.31. The number of aliphatic hydroxyl groups excluding tert-OH is 6. The van der Waals surface area contributed by atoms with Crippen LogP contribution in [0.2, 0.25) is 15.5 Å². The molecule has 0 bridgehead atoms. The molecule has 1 fully saturated rings. The third-order valence-electron chi connectivity index (χ3n) is 3.30. The molecule has 22 heavy (non-hydrogen) atoms. The van der Waals surface area contributed by atoms with Crippen molar-refractivity contribution < 1.29 is 47.8 Å². The molecule has 0 aromatic carbocycles. The first-order valence-corrected chi connectivity index (χ1v) is 11.1. The van der Waals surface area contributed by atoms with Crippen LogP contribution < -0.4 is 0 Å². The van der Waals surface area contributed by atoms with Gasteiger partial charge in [0.05, 0.1) is 0 Å². The summed E-state index contributed by atoms with van der Waals surface area (Å²) in [6.45, 7) is -1.56. The van der Waals surface area contributed by atoms with E-state index in [2.05, 4.69) is 4.18 Å². The van der Waals surface area contributed by atoms with Crippen LogP contribution in [0.15, 0.2) is 0 Å². The first kappa shape index (κ1) is 20.2. The van der Waals surface area contributed by atoms with E-state index in [0.717, 1.165) is 0 Å². The fourth-order valence-electron chi connectivity index (χ4n) is 2.27. The molecule has 1 rings (SSSR count). The zero-order valence-corrected chi connectivity index (χ0v) is 14.0. The van der Waals surface area contributed by atoms with Gasteiger partial charge in [0.1, 0.15) is 0 Å². The van der Waals surface area contributed by atoms with Gasteiger partial charge in [-0.1, -0.05) is 0 Å². The van der Waals surface area contributed by atoms with Crippen molar-refractivity contribution in [1.82, 2.24) is 0 Å². The van der Waals surface area contributed by atoms with E-state index in [1.807, 2.05) is 0 Å². The van der Waals surface area contributed by atoms with E-state index >= 15 is 0 Å². The minimum atomic E-state index is -5.11. The van der Waals surface area contributed by atoms with E-state index < -0.39 is 72.8 Å². The summed E-state index contributed by atoms with van der Waals surface area (Å²) in [5, 5.41) is 57.1. The summed E-state index contributed by atoms with van der Waals surface area (Å²) in [6.07, 6.45) is -6.87. The molecule has 0 aliphatic carbocycles. The van der Waals surface area contributed by atoms with Crippen LogP contribution >= 0.6 is 0 Å². The number of hydrogen-bond donors (Lipinski definition) is 6. The van der Waals surface area contributed by atoms with Gasteiger partial charge in [-0.05, 0) is 0 Å². The predicted octanol–water partition coefficient (Wildman–Crippen LogP) is -3.86. The third-order valence-corrected chi connectivity index (χ3v) is 9.87. The van der Waals surface area contributed by atoms with Crippen molar-refractivity contribution in [2.45, 2.75) is 46.0 Å². The van der Waals surface area contributed by atoms with Crippen LogP contribution in [0.1, 0.15) is 0 Å². The standard InChI is InChI=1S/C10H20O10SSe/c11-1-5(13)10-9(16)7(15)4-22(10)3-6(14)8(2-12)20-21(17,18)19/h5-16H,1-4H2/t5-,6-,7+,8+,9-,10+,22?/m1/s1. The van der Waals surface area contributed by atoms with Gasteiger partial charge in [-0.25, -0.2) is 0 Å². The summed E-state index contributed by atoms with van der Waals surface area (Å²) in [4.78, 5) is -0.821. The Labute approximate surface area is 131 Å². The molecule has 1 saturated heterocycles. The number of aliphatic hydroxyl groups is 6. The molecule has 1 aliphatic heterocycles. The molecule has 1 heterocycles. The molecular weight excluding hydrogens is 391 g/mol. The quantitative estimate of drug-likeness (QED) is 0.131. The van der Waals surface area contributed by atoms with Gasteiger partial charge >= 0.3 is 131 Å². The van der Waals surface area contributed by atoms with Gasteiger partial charge in [0.2, 0.25) is 0 Å². The van der Waals surface area contributed by atoms with Gasteiger partial charge < -0.3 is 0 Å². The Kier molecular flexibility index (Phi) is 7.63. The summed E-state index contributed by atoms with van der Waals surface area (Å²) in [5.41, 5.74) is 0. The topological polar surface area (TPSA) is 188 Å². The molecule has 0 saturated carbocycles. The third kappa shape index (κ3) is 5.35. The summed E-state index contributed by atoms with van der Waals surface area (Å²) in [6, 6.07) is 0. The molecule has 6 N–H and O–H groups in total. The van der Waals surface area contributed by atoms with Crippen LogP contribution in [-0.4, -0.2) is 101 Å². The maximum atomic E-state index is 10.5. The summed E-state index contributed by atoms with van der Waals surface area (Å²) in [7, 11) is -5.11. The van der Waals surface area contributed by atoms with Crippen molar-refractivity contribution in [3.8, 4) is 0 Å². The molecule has 1 unspecified atom stereocenters. The second-order valence-electron chi connectivity index (χ2n) is 4.94. The summed E-state index contributed by atoms with van der Waals surface area (Å²) < 4.78 is 35.6. The van der Waals surface area contributed by atoms with Crippen LogP contribution in [0.3, 0.4) is 0 Å². The van der Waals surface area contributed by atoms with Crippen molar-refractivity contribution in [3.05, 3.63) is 0 Å². The molecular formula is C10H20O10SSe. The fourth-order valence-corrected chi connectivity index (χ4v) is 9.01.